The summed E-state index contributed by atoms with van der Waals surface area (Å²) in [6.07, 6.45) is -3.19. The third-order valence-electron chi connectivity index (χ3n) is 6.18. The van der Waals surface area contributed by atoms with Crippen LogP contribution in [0.3, 0.4) is 0 Å². The van der Waals surface area contributed by atoms with Gasteiger partial charge < -0.3 is 15.3 Å². The van der Waals surface area contributed by atoms with Gasteiger partial charge in [0, 0.05) is 38.4 Å². The molecule has 8 nitrogen and oxygen atoms in total. The molecule has 3 aromatic rings. The van der Waals surface area contributed by atoms with Crippen LogP contribution in [0.5, 0.6) is 0 Å². The molecular formula is C25H25F3N6O2. The predicted octanol–water partition coefficient (Wildman–Crippen LogP) is 3.44. The number of nitriles is 1. The molecule has 0 saturated carbocycles. The standard InChI is InChI=1S/C25H25F3N6O2/c1-17-22(16-30-34(17)21-4-2-3-19(14-21)25(26,27)28)24(36)31-20-5-6-23(18(13-20)15-29)33-9-7-32(8-10-33)11-12-35/h2-6,13-14,16,35H,7-12H2,1H3,(H,31,36). The lowest BCUT2D eigenvalue weighted by molar-refractivity contribution is -0.137. The van der Waals surface area contributed by atoms with E-state index in [1.807, 2.05) is 0 Å². The number of carbonyl (C=O) groups is 1. The fourth-order valence-electron chi connectivity index (χ4n) is 4.24. The molecule has 0 radical (unpaired) electrons. The Kier molecular flexibility index (Phi) is 7.28. The zero-order valence-corrected chi connectivity index (χ0v) is 19.6. The van der Waals surface area contributed by atoms with Crippen molar-refractivity contribution in [3.63, 3.8) is 0 Å². The number of aliphatic hydroxyl groups excluding tert-OH is 1. The van der Waals surface area contributed by atoms with E-state index in [9.17, 15) is 23.2 Å². The highest BCUT2D eigenvalue weighted by atomic mass is 19.4. The fourth-order valence-corrected chi connectivity index (χ4v) is 4.24. The van der Waals surface area contributed by atoms with Gasteiger partial charge in [-0.25, -0.2) is 4.68 Å². The largest absolute Gasteiger partial charge is 0.416 e. The zero-order chi connectivity index (χ0) is 25.9. The number of hydrogen-bond donors (Lipinski definition) is 2. The summed E-state index contributed by atoms with van der Waals surface area (Å²) >= 11 is 0. The topological polar surface area (TPSA) is 97.4 Å². The van der Waals surface area contributed by atoms with Crippen LogP contribution < -0.4 is 10.2 Å². The lowest BCUT2D eigenvalue weighted by Gasteiger charge is -2.36. The summed E-state index contributed by atoms with van der Waals surface area (Å²) in [7, 11) is 0. The van der Waals surface area contributed by atoms with Crippen LogP contribution in [0.2, 0.25) is 0 Å². The Hall–Kier alpha value is -3.88. The van der Waals surface area contributed by atoms with Crippen molar-refractivity contribution >= 4 is 17.3 Å². The first kappa shape index (κ1) is 25.2. The molecule has 1 amide bonds. The monoisotopic (exact) mass is 498 g/mol. The molecule has 2 N–H and O–H groups in total. The Morgan fingerprint density at radius 3 is 2.58 bits per heavy atom. The number of β-amino-alcohol motifs (C(OH)–C–C–N with tert-alkyl or cyclic N) is 1. The molecule has 1 aromatic heterocycles. The molecule has 4 rings (SSSR count). The Morgan fingerprint density at radius 1 is 1.17 bits per heavy atom. The van der Waals surface area contributed by atoms with E-state index in [1.165, 1.54) is 23.0 Å². The van der Waals surface area contributed by atoms with Crippen molar-refractivity contribution in [1.82, 2.24) is 14.7 Å². The van der Waals surface area contributed by atoms with Gasteiger partial charge in [-0.2, -0.15) is 23.5 Å². The Balaban J connectivity index is 1.50. The molecule has 0 atom stereocenters. The third-order valence-corrected chi connectivity index (χ3v) is 6.18. The molecular weight excluding hydrogens is 473 g/mol. The number of nitrogens with zero attached hydrogens (tertiary/aromatic N) is 5. The first-order valence-corrected chi connectivity index (χ1v) is 11.4. The number of benzene rings is 2. The molecule has 1 fully saturated rings. The summed E-state index contributed by atoms with van der Waals surface area (Å²) in [4.78, 5) is 17.2. The first-order valence-electron chi connectivity index (χ1n) is 11.4. The minimum Gasteiger partial charge on any atom is -0.395 e. The van der Waals surface area contributed by atoms with E-state index < -0.39 is 17.6 Å². The molecule has 1 saturated heterocycles. The second-order valence-electron chi connectivity index (χ2n) is 8.45. The van der Waals surface area contributed by atoms with Gasteiger partial charge in [-0.15, -0.1) is 0 Å². The van der Waals surface area contributed by atoms with Crippen LogP contribution in [0.25, 0.3) is 5.69 Å². The van der Waals surface area contributed by atoms with Gasteiger partial charge in [0.15, 0.2) is 0 Å². The van der Waals surface area contributed by atoms with Crippen LogP contribution >= 0.6 is 0 Å². The molecule has 36 heavy (non-hydrogen) atoms. The Bertz CT molecular complexity index is 1290. The van der Waals surface area contributed by atoms with Gasteiger partial charge in [-0.3, -0.25) is 9.69 Å². The molecule has 0 unspecified atom stereocenters. The second kappa shape index (κ2) is 10.4. The van der Waals surface area contributed by atoms with Crippen molar-refractivity contribution in [3.05, 3.63) is 71.0 Å². The van der Waals surface area contributed by atoms with Crippen LogP contribution in [-0.4, -0.2) is 65.0 Å². The van der Waals surface area contributed by atoms with E-state index >= 15 is 0 Å². The number of amides is 1. The Morgan fingerprint density at radius 2 is 1.92 bits per heavy atom. The number of carbonyl (C=O) groups excluding carboxylic acids is 1. The summed E-state index contributed by atoms with van der Waals surface area (Å²) in [5.74, 6) is -0.486. The maximum Gasteiger partial charge on any atom is 0.416 e. The molecule has 0 aliphatic carbocycles. The molecule has 2 heterocycles. The second-order valence-corrected chi connectivity index (χ2v) is 8.45. The number of alkyl halides is 3. The van der Waals surface area contributed by atoms with Crippen LogP contribution in [0.1, 0.15) is 27.2 Å². The maximum absolute atomic E-state index is 13.1. The normalized spacial score (nSPS) is 14.5. The minimum absolute atomic E-state index is 0.107. The number of piperazine rings is 1. The average Bonchev–Trinajstić information content (AvgIpc) is 3.25. The SMILES string of the molecule is Cc1c(C(=O)Nc2ccc(N3CCN(CCO)CC3)c(C#N)c2)cnn1-c1cccc(C(F)(F)F)c1. The molecule has 188 valence electrons. The number of anilines is 2. The highest BCUT2D eigenvalue weighted by molar-refractivity contribution is 6.05. The van der Waals surface area contributed by atoms with Gasteiger partial charge in [0.1, 0.15) is 6.07 Å². The van der Waals surface area contributed by atoms with E-state index in [0.29, 0.717) is 36.6 Å². The molecule has 0 bridgehead atoms. The number of halogens is 3. The fraction of sp³-hybridized carbons (Fsp3) is 0.320. The Labute approximate surface area is 206 Å². The highest BCUT2D eigenvalue weighted by Gasteiger charge is 2.31. The number of nitrogens with one attached hydrogen (secondary N) is 1. The number of aromatic nitrogens is 2. The van der Waals surface area contributed by atoms with Crippen LogP contribution in [0.4, 0.5) is 24.5 Å². The molecule has 0 spiro atoms. The summed E-state index contributed by atoms with van der Waals surface area (Å²) in [6, 6.07) is 12.0. The van der Waals surface area contributed by atoms with E-state index in [-0.39, 0.29) is 17.9 Å². The van der Waals surface area contributed by atoms with Crippen molar-refractivity contribution < 1.29 is 23.1 Å². The molecule has 2 aromatic carbocycles. The van der Waals surface area contributed by atoms with Gasteiger partial charge in [0.25, 0.3) is 5.91 Å². The first-order chi connectivity index (χ1) is 17.2. The molecule has 1 aliphatic rings. The van der Waals surface area contributed by atoms with Gasteiger partial charge in [-0.05, 0) is 43.3 Å². The van der Waals surface area contributed by atoms with Gasteiger partial charge in [0.2, 0.25) is 0 Å². The van der Waals surface area contributed by atoms with Crippen LogP contribution in [-0.2, 0) is 6.18 Å². The highest BCUT2D eigenvalue weighted by Crippen LogP contribution is 2.31. The van der Waals surface area contributed by atoms with E-state index in [2.05, 4.69) is 26.3 Å². The van der Waals surface area contributed by atoms with Crippen molar-refractivity contribution in [2.75, 3.05) is 49.5 Å². The minimum atomic E-state index is -4.49. The lowest BCUT2D eigenvalue weighted by atomic mass is 10.1. The van der Waals surface area contributed by atoms with Crippen LogP contribution in [0, 0.1) is 18.3 Å². The third kappa shape index (κ3) is 5.35. The number of hydrogen-bond acceptors (Lipinski definition) is 6. The summed E-state index contributed by atoms with van der Waals surface area (Å²) in [6.45, 7) is 5.31. The smallest absolute Gasteiger partial charge is 0.395 e. The van der Waals surface area contributed by atoms with Gasteiger partial charge >= 0.3 is 6.18 Å². The van der Waals surface area contributed by atoms with Crippen molar-refractivity contribution in [2.45, 2.75) is 13.1 Å². The quantitative estimate of drug-likeness (QED) is 0.541. The average molecular weight is 499 g/mol. The van der Waals surface area contributed by atoms with E-state index in [0.717, 1.165) is 30.9 Å². The van der Waals surface area contributed by atoms with Crippen molar-refractivity contribution in [1.29, 1.82) is 5.26 Å². The zero-order valence-electron chi connectivity index (χ0n) is 19.6. The van der Waals surface area contributed by atoms with Crippen molar-refractivity contribution in [2.24, 2.45) is 0 Å². The van der Waals surface area contributed by atoms with E-state index in [4.69, 9.17) is 5.11 Å². The maximum atomic E-state index is 13.1. The van der Waals surface area contributed by atoms with Crippen molar-refractivity contribution in [3.8, 4) is 11.8 Å². The summed E-state index contributed by atoms with van der Waals surface area (Å²) < 4.78 is 40.5. The molecule has 1 aliphatic heterocycles. The van der Waals surface area contributed by atoms with E-state index in [1.54, 1.807) is 25.1 Å². The van der Waals surface area contributed by atoms with Gasteiger partial charge in [0.05, 0.1) is 46.6 Å². The summed E-state index contributed by atoms with van der Waals surface area (Å²) in [5, 5.41) is 25.7. The number of aliphatic hydroxyl groups is 1. The number of rotatable bonds is 6. The lowest BCUT2D eigenvalue weighted by Crippen LogP contribution is -2.47. The predicted molar refractivity (Wildman–Crippen MR) is 128 cm³/mol. The van der Waals surface area contributed by atoms with Gasteiger partial charge in [-0.1, -0.05) is 6.07 Å². The van der Waals surface area contributed by atoms with Crippen LogP contribution in [0.15, 0.2) is 48.7 Å². The summed E-state index contributed by atoms with van der Waals surface area (Å²) in [5.41, 5.74) is 1.58. The molecule has 11 heteroatoms.